The molecule has 2 heterocycles. The van der Waals surface area contributed by atoms with Crippen molar-refractivity contribution in [3.8, 4) is 11.8 Å². The summed E-state index contributed by atoms with van der Waals surface area (Å²) in [7, 11) is 0. The molecule has 4 heteroatoms. The molecule has 1 fully saturated rings. The molecule has 0 aromatic carbocycles. The number of thioether (sulfide) groups is 1. The molecule has 1 aliphatic rings. The zero-order valence-electron chi connectivity index (χ0n) is 10.7. The Balaban J connectivity index is 1.92. The van der Waals surface area contributed by atoms with Gasteiger partial charge in [0.15, 0.2) is 0 Å². The van der Waals surface area contributed by atoms with E-state index in [1.807, 2.05) is 11.8 Å². The number of hydrogen-bond donors (Lipinski definition) is 1. The van der Waals surface area contributed by atoms with Crippen molar-refractivity contribution in [3.05, 3.63) is 21.9 Å². The molecule has 0 saturated carbocycles. The number of likely N-dealkylation sites (tertiary alicyclic amines) is 1. The molecule has 98 valence electrons. The molecule has 18 heavy (non-hydrogen) atoms. The highest BCUT2D eigenvalue weighted by Gasteiger charge is 2.19. The Kier molecular flexibility index (Phi) is 5.58. The molecule has 0 unspecified atom stereocenters. The van der Waals surface area contributed by atoms with Gasteiger partial charge < -0.3 is 5.11 Å². The lowest BCUT2D eigenvalue weighted by Gasteiger charge is -2.30. The molecule has 0 bridgehead atoms. The Morgan fingerprint density at radius 1 is 1.50 bits per heavy atom. The maximum Gasteiger partial charge on any atom is 0.104 e. The van der Waals surface area contributed by atoms with Crippen molar-refractivity contribution in [2.75, 3.05) is 26.0 Å². The third-order valence-electron chi connectivity index (χ3n) is 3.28. The Morgan fingerprint density at radius 2 is 2.28 bits per heavy atom. The summed E-state index contributed by atoms with van der Waals surface area (Å²) in [5, 5.41) is 11.7. The molecule has 1 aliphatic heterocycles. The molecule has 1 aromatic heterocycles. The van der Waals surface area contributed by atoms with Crippen LogP contribution < -0.4 is 0 Å². The quantitative estimate of drug-likeness (QED) is 0.861. The van der Waals surface area contributed by atoms with E-state index in [1.165, 1.54) is 30.8 Å². The largest absolute Gasteiger partial charge is 0.384 e. The molecule has 0 atom stereocenters. The SMILES string of the molecule is CSC1CCN(Cc2sccc2C#CCO)CC1. The van der Waals surface area contributed by atoms with E-state index in [9.17, 15) is 0 Å². The number of aliphatic hydroxyl groups is 1. The lowest BCUT2D eigenvalue weighted by atomic mass is 10.1. The van der Waals surface area contributed by atoms with Gasteiger partial charge in [-0.15, -0.1) is 11.3 Å². The van der Waals surface area contributed by atoms with Crippen LogP contribution in [0.25, 0.3) is 0 Å². The third-order valence-corrected chi connectivity index (χ3v) is 5.33. The van der Waals surface area contributed by atoms with Crippen LogP contribution in [-0.4, -0.2) is 41.2 Å². The van der Waals surface area contributed by atoms with Crippen LogP contribution in [0.5, 0.6) is 0 Å². The van der Waals surface area contributed by atoms with Crippen LogP contribution in [0.2, 0.25) is 0 Å². The summed E-state index contributed by atoms with van der Waals surface area (Å²) in [5.41, 5.74) is 1.08. The van der Waals surface area contributed by atoms with Gasteiger partial charge in [0.1, 0.15) is 6.61 Å². The van der Waals surface area contributed by atoms with Gasteiger partial charge in [-0.05, 0) is 43.6 Å². The number of piperidine rings is 1. The Hall–Kier alpha value is -0.470. The van der Waals surface area contributed by atoms with Crippen LogP contribution in [0.3, 0.4) is 0 Å². The lowest BCUT2D eigenvalue weighted by molar-refractivity contribution is 0.226. The summed E-state index contributed by atoms with van der Waals surface area (Å²) in [6, 6.07) is 2.05. The van der Waals surface area contributed by atoms with Gasteiger partial charge >= 0.3 is 0 Å². The van der Waals surface area contributed by atoms with Crippen molar-refractivity contribution in [2.24, 2.45) is 0 Å². The second-order valence-electron chi connectivity index (χ2n) is 4.43. The second kappa shape index (κ2) is 7.20. The van der Waals surface area contributed by atoms with Gasteiger partial charge in [-0.25, -0.2) is 0 Å². The topological polar surface area (TPSA) is 23.5 Å². The number of hydrogen-bond acceptors (Lipinski definition) is 4. The predicted molar refractivity (Wildman–Crippen MR) is 80.1 cm³/mol. The molecule has 1 aromatic rings. The van der Waals surface area contributed by atoms with Gasteiger partial charge in [0.2, 0.25) is 0 Å². The van der Waals surface area contributed by atoms with E-state index in [4.69, 9.17) is 5.11 Å². The monoisotopic (exact) mass is 281 g/mol. The maximum atomic E-state index is 8.75. The predicted octanol–water partition coefficient (Wildman–Crippen LogP) is 2.42. The van der Waals surface area contributed by atoms with E-state index in [0.717, 1.165) is 17.4 Å². The van der Waals surface area contributed by atoms with E-state index in [-0.39, 0.29) is 6.61 Å². The molecule has 2 nitrogen and oxygen atoms in total. The molecular weight excluding hydrogens is 262 g/mol. The average molecular weight is 281 g/mol. The molecule has 0 aliphatic carbocycles. The van der Waals surface area contributed by atoms with Gasteiger partial charge in [0.25, 0.3) is 0 Å². The summed E-state index contributed by atoms with van der Waals surface area (Å²) in [6.45, 7) is 3.33. The van der Waals surface area contributed by atoms with Crippen molar-refractivity contribution in [3.63, 3.8) is 0 Å². The molecule has 1 saturated heterocycles. The number of nitrogens with zero attached hydrogens (tertiary/aromatic N) is 1. The van der Waals surface area contributed by atoms with Gasteiger partial charge in [-0.1, -0.05) is 11.8 Å². The number of thiophene rings is 1. The molecule has 0 spiro atoms. The minimum atomic E-state index is -0.0611. The average Bonchev–Trinajstić information content (AvgIpc) is 2.84. The minimum Gasteiger partial charge on any atom is -0.384 e. The summed E-state index contributed by atoms with van der Waals surface area (Å²) in [6.07, 6.45) is 4.80. The highest BCUT2D eigenvalue weighted by Crippen LogP contribution is 2.24. The fraction of sp³-hybridized carbons (Fsp3) is 0.571. The standard InChI is InChI=1S/C14H19NOS2/c1-17-13-4-7-15(8-5-13)11-14-12(3-2-9-16)6-10-18-14/h6,10,13,16H,4-5,7-9,11H2,1H3. The van der Waals surface area contributed by atoms with Crippen LogP contribution in [0.15, 0.2) is 11.4 Å². The second-order valence-corrected chi connectivity index (χ2v) is 6.57. The third kappa shape index (κ3) is 3.76. The lowest BCUT2D eigenvalue weighted by Crippen LogP contribution is -2.34. The van der Waals surface area contributed by atoms with Crippen LogP contribution >= 0.6 is 23.1 Å². The van der Waals surface area contributed by atoms with E-state index < -0.39 is 0 Å². The van der Waals surface area contributed by atoms with Crippen LogP contribution in [0.4, 0.5) is 0 Å². The Bertz CT molecular complexity index is 424. The minimum absolute atomic E-state index is 0.0611. The fourth-order valence-electron chi connectivity index (χ4n) is 2.22. The number of rotatable bonds is 3. The van der Waals surface area contributed by atoms with E-state index >= 15 is 0 Å². The van der Waals surface area contributed by atoms with Crippen molar-refractivity contribution in [2.45, 2.75) is 24.6 Å². The van der Waals surface area contributed by atoms with Crippen molar-refractivity contribution in [1.82, 2.24) is 4.90 Å². The maximum absolute atomic E-state index is 8.75. The first-order chi connectivity index (χ1) is 8.83. The molecule has 1 N–H and O–H groups in total. The molecular formula is C14H19NOS2. The zero-order valence-corrected chi connectivity index (χ0v) is 12.3. The van der Waals surface area contributed by atoms with Crippen LogP contribution in [0, 0.1) is 11.8 Å². The Morgan fingerprint density at radius 3 is 2.94 bits per heavy atom. The zero-order chi connectivity index (χ0) is 12.8. The van der Waals surface area contributed by atoms with Crippen molar-refractivity contribution < 1.29 is 5.11 Å². The fourth-order valence-corrected chi connectivity index (χ4v) is 3.77. The molecule has 2 rings (SSSR count). The Labute approximate surface area is 117 Å². The van der Waals surface area contributed by atoms with E-state index in [2.05, 4.69) is 34.4 Å². The first-order valence-electron chi connectivity index (χ1n) is 6.24. The highest BCUT2D eigenvalue weighted by atomic mass is 32.2. The highest BCUT2D eigenvalue weighted by molar-refractivity contribution is 7.99. The van der Waals surface area contributed by atoms with Crippen molar-refractivity contribution >= 4 is 23.1 Å². The summed E-state index contributed by atoms with van der Waals surface area (Å²) < 4.78 is 0. The number of aliphatic hydroxyl groups excluding tert-OH is 1. The van der Waals surface area contributed by atoms with Gasteiger partial charge in [0, 0.05) is 22.2 Å². The summed E-state index contributed by atoms with van der Waals surface area (Å²) >= 11 is 3.76. The van der Waals surface area contributed by atoms with Crippen LogP contribution in [0.1, 0.15) is 23.3 Å². The van der Waals surface area contributed by atoms with Gasteiger partial charge in [-0.3, -0.25) is 4.90 Å². The van der Waals surface area contributed by atoms with E-state index in [1.54, 1.807) is 11.3 Å². The van der Waals surface area contributed by atoms with Crippen LogP contribution in [-0.2, 0) is 6.54 Å². The van der Waals surface area contributed by atoms with Crippen molar-refractivity contribution in [1.29, 1.82) is 0 Å². The summed E-state index contributed by atoms with van der Waals surface area (Å²) in [5.74, 6) is 5.77. The first-order valence-corrected chi connectivity index (χ1v) is 8.41. The van der Waals surface area contributed by atoms with Gasteiger partial charge in [0.05, 0.1) is 0 Å². The first kappa shape index (κ1) is 14.0. The van der Waals surface area contributed by atoms with Gasteiger partial charge in [-0.2, -0.15) is 11.8 Å². The van der Waals surface area contributed by atoms with E-state index in [0.29, 0.717) is 0 Å². The smallest absolute Gasteiger partial charge is 0.104 e. The molecule has 0 amide bonds. The summed E-state index contributed by atoms with van der Waals surface area (Å²) in [4.78, 5) is 3.85. The normalized spacial score (nSPS) is 17.4. The molecule has 0 radical (unpaired) electrons.